The van der Waals surface area contributed by atoms with E-state index < -0.39 is 18.7 Å². The van der Waals surface area contributed by atoms with E-state index in [2.05, 4.69) is 10.1 Å². The number of aliphatic hydroxyl groups is 1. The Morgan fingerprint density at radius 3 is 2.54 bits per heavy atom. The molecule has 1 fully saturated rings. The number of benzene rings is 1. The molecule has 0 radical (unpaired) electrons. The minimum absolute atomic E-state index is 0.123. The topological polar surface area (TPSA) is 71.6 Å². The number of aliphatic hydroxyl groups excluding tert-OH is 1. The van der Waals surface area contributed by atoms with Crippen molar-refractivity contribution < 1.29 is 27.5 Å². The second kappa shape index (κ2) is 8.91. The summed E-state index contributed by atoms with van der Waals surface area (Å²) in [6.45, 7) is 4.24. The molecule has 154 valence electrons. The first-order valence-electron chi connectivity index (χ1n) is 9.35. The van der Waals surface area contributed by atoms with E-state index in [-0.39, 0.29) is 17.6 Å². The van der Waals surface area contributed by atoms with Crippen molar-refractivity contribution in [3.63, 3.8) is 0 Å². The van der Waals surface area contributed by atoms with E-state index in [0.29, 0.717) is 26.2 Å². The highest BCUT2D eigenvalue weighted by molar-refractivity contribution is 5.28. The fourth-order valence-corrected chi connectivity index (χ4v) is 3.42. The predicted octanol–water partition coefficient (Wildman–Crippen LogP) is 3.52. The van der Waals surface area contributed by atoms with Crippen LogP contribution < -0.4 is 4.74 Å². The van der Waals surface area contributed by atoms with Crippen molar-refractivity contribution in [1.29, 1.82) is 0 Å². The van der Waals surface area contributed by atoms with Crippen molar-refractivity contribution in [2.75, 3.05) is 19.7 Å². The zero-order valence-corrected chi connectivity index (χ0v) is 15.7. The van der Waals surface area contributed by atoms with Crippen molar-refractivity contribution in [2.45, 2.75) is 45.0 Å². The maximum atomic E-state index is 12.4. The van der Waals surface area contributed by atoms with Gasteiger partial charge in [-0.15, -0.1) is 0 Å². The third-order valence-corrected chi connectivity index (χ3v) is 4.84. The lowest BCUT2D eigenvalue weighted by atomic mass is 9.87. The number of aromatic nitrogens is 2. The monoisotopic (exact) mass is 399 g/mol. The Hall–Kier alpha value is -2.13. The first-order chi connectivity index (χ1) is 13.3. The fourth-order valence-electron chi connectivity index (χ4n) is 3.42. The molecule has 1 aliphatic heterocycles. The standard InChI is InChI=1S/C19H24F3N3O3/c1-2-27-15-5-3-13(4-6-15)18(26)14-7-9-25(10-8-14)12-17-23-16(24-28-17)11-19(20,21)22/h3-6,14,18,26H,2,7-12H2,1H3. The molecule has 28 heavy (non-hydrogen) atoms. The molecule has 2 heterocycles. The molecule has 0 spiro atoms. The molecule has 0 amide bonds. The van der Waals surface area contributed by atoms with E-state index in [1.54, 1.807) is 0 Å². The zero-order valence-electron chi connectivity index (χ0n) is 15.7. The SMILES string of the molecule is CCOc1ccc(C(O)C2CCN(Cc3nc(CC(F)(F)F)no3)CC2)cc1. The van der Waals surface area contributed by atoms with Gasteiger partial charge >= 0.3 is 6.18 Å². The molecule has 1 N–H and O–H groups in total. The number of alkyl halides is 3. The van der Waals surface area contributed by atoms with Crippen LogP contribution in [0.15, 0.2) is 28.8 Å². The molecule has 1 aromatic carbocycles. The molecular formula is C19H24F3N3O3. The number of hydrogen-bond donors (Lipinski definition) is 1. The molecule has 1 atom stereocenters. The molecule has 3 rings (SSSR count). The van der Waals surface area contributed by atoms with Crippen LogP contribution in [0.3, 0.4) is 0 Å². The largest absolute Gasteiger partial charge is 0.494 e. The third-order valence-electron chi connectivity index (χ3n) is 4.84. The van der Waals surface area contributed by atoms with Crippen LogP contribution in [-0.4, -0.2) is 46.0 Å². The number of rotatable bonds is 7. The Morgan fingerprint density at radius 1 is 1.25 bits per heavy atom. The van der Waals surface area contributed by atoms with Gasteiger partial charge < -0.3 is 14.4 Å². The van der Waals surface area contributed by atoms with Crippen LogP contribution in [0, 0.1) is 5.92 Å². The van der Waals surface area contributed by atoms with Gasteiger partial charge in [-0.2, -0.15) is 18.2 Å². The molecule has 1 aliphatic rings. The molecule has 0 bridgehead atoms. The highest BCUT2D eigenvalue weighted by atomic mass is 19.4. The van der Waals surface area contributed by atoms with Gasteiger partial charge in [0.05, 0.1) is 19.3 Å². The predicted molar refractivity (Wildman–Crippen MR) is 94.6 cm³/mol. The summed E-state index contributed by atoms with van der Waals surface area (Å²) in [5.41, 5.74) is 0.857. The minimum Gasteiger partial charge on any atom is -0.494 e. The van der Waals surface area contributed by atoms with Crippen LogP contribution in [0.25, 0.3) is 0 Å². The van der Waals surface area contributed by atoms with E-state index in [1.165, 1.54) is 0 Å². The van der Waals surface area contributed by atoms with Gasteiger partial charge in [0, 0.05) is 0 Å². The zero-order chi connectivity index (χ0) is 20.1. The summed E-state index contributed by atoms with van der Waals surface area (Å²) in [5.74, 6) is 0.739. The summed E-state index contributed by atoms with van der Waals surface area (Å²) in [6, 6.07) is 7.46. The molecule has 0 saturated carbocycles. The van der Waals surface area contributed by atoms with Gasteiger partial charge in [0.25, 0.3) is 0 Å². The van der Waals surface area contributed by atoms with E-state index >= 15 is 0 Å². The Labute approximate surface area is 161 Å². The van der Waals surface area contributed by atoms with Crippen LogP contribution in [-0.2, 0) is 13.0 Å². The number of halogens is 3. The van der Waals surface area contributed by atoms with Crippen LogP contribution in [0.4, 0.5) is 13.2 Å². The summed E-state index contributed by atoms with van der Waals surface area (Å²) in [7, 11) is 0. The lowest BCUT2D eigenvalue weighted by Crippen LogP contribution is -2.35. The van der Waals surface area contributed by atoms with Gasteiger partial charge in [-0.3, -0.25) is 4.90 Å². The van der Waals surface area contributed by atoms with Crippen molar-refractivity contribution in [3.05, 3.63) is 41.5 Å². The highest BCUT2D eigenvalue weighted by Gasteiger charge is 2.31. The van der Waals surface area contributed by atoms with Gasteiger partial charge in [-0.05, 0) is 56.5 Å². The van der Waals surface area contributed by atoms with Gasteiger partial charge in [0.15, 0.2) is 5.82 Å². The lowest BCUT2D eigenvalue weighted by Gasteiger charge is -2.33. The van der Waals surface area contributed by atoms with Crippen LogP contribution in [0.5, 0.6) is 5.75 Å². The number of ether oxygens (including phenoxy) is 1. The van der Waals surface area contributed by atoms with Crippen molar-refractivity contribution in [1.82, 2.24) is 15.0 Å². The maximum Gasteiger partial charge on any atom is 0.396 e. The molecule has 1 unspecified atom stereocenters. The van der Waals surface area contributed by atoms with Gasteiger partial charge in [-0.25, -0.2) is 0 Å². The van der Waals surface area contributed by atoms with Gasteiger partial charge in [0.2, 0.25) is 5.89 Å². The number of likely N-dealkylation sites (tertiary alicyclic amines) is 1. The van der Waals surface area contributed by atoms with Crippen molar-refractivity contribution >= 4 is 0 Å². The van der Waals surface area contributed by atoms with Crippen LogP contribution >= 0.6 is 0 Å². The first-order valence-corrected chi connectivity index (χ1v) is 9.35. The van der Waals surface area contributed by atoms with E-state index in [9.17, 15) is 18.3 Å². The second-order valence-corrected chi connectivity index (χ2v) is 6.96. The molecule has 1 aromatic heterocycles. The first kappa shape index (κ1) is 20.6. The van der Waals surface area contributed by atoms with Gasteiger partial charge in [0.1, 0.15) is 12.2 Å². The summed E-state index contributed by atoms with van der Waals surface area (Å²) < 4.78 is 47.4. The Balaban J connectivity index is 1.48. The Morgan fingerprint density at radius 2 is 1.93 bits per heavy atom. The van der Waals surface area contributed by atoms with Crippen LogP contribution in [0.2, 0.25) is 0 Å². The number of piperidine rings is 1. The van der Waals surface area contributed by atoms with E-state index in [1.807, 2.05) is 36.1 Å². The van der Waals surface area contributed by atoms with Gasteiger partial charge in [-0.1, -0.05) is 17.3 Å². The average molecular weight is 399 g/mol. The molecule has 6 nitrogen and oxygen atoms in total. The highest BCUT2D eigenvalue weighted by Crippen LogP contribution is 2.32. The fraction of sp³-hybridized carbons (Fsp3) is 0.579. The molecular weight excluding hydrogens is 375 g/mol. The molecule has 0 aliphatic carbocycles. The second-order valence-electron chi connectivity index (χ2n) is 6.96. The van der Waals surface area contributed by atoms with Crippen LogP contribution in [0.1, 0.15) is 43.1 Å². The quantitative estimate of drug-likeness (QED) is 0.768. The normalized spacial score (nSPS) is 17.6. The molecule has 9 heteroatoms. The van der Waals surface area contributed by atoms with E-state index in [0.717, 1.165) is 24.2 Å². The Kier molecular flexibility index (Phi) is 6.56. The van der Waals surface area contributed by atoms with E-state index in [4.69, 9.17) is 9.26 Å². The van der Waals surface area contributed by atoms with Crippen molar-refractivity contribution in [3.8, 4) is 5.75 Å². The minimum atomic E-state index is -4.35. The van der Waals surface area contributed by atoms with Crippen molar-refractivity contribution in [2.24, 2.45) is 5.92 Å². The molecule has 1 saturated heterocycles. The molecule has 2 aromatic rings. The average Bonchev–Trinajstić information content (AvgIpc) is 3.07. The Bertz CT molecular complexity index is 741. The smallest absolute Gasteiger partial charge is 0.396 e. The summed E-state index contributed by atoms with van der Waals surface area (Å²) in [5, 5.41) is 14.0. The number of nitrogens with zero attached hydrogens (tertiary/aromatic N) is 3. The third kappa shape index (κ3) is 5.68. The maximum absolute atomic E-state index is 12.4. The summed E-state index contributed by atoms with van der Waals surface area (Å²) in [6.07, 6.45) is -4.54. The number of hydrogen-bond acceptors (Lipinski definition) is 6. The summed E-state index contributed by atoms with van der Waals surface area (Å²) >= 11 is 0. The summed E-state index contributed by atoms with van der Waals surface area (Å²) in [4.78, 5) is 5.86. The lowest BCUT2D eigenvalue weighted by molar-refractivity contribution is -0.128.